The van der Waals surface area contributed by atoms with Crippen LogP contribution >= 0.6 is 11.3 Å². The molecule has 1 N–H and O–H groups in total. The molecule has 0 amide bonds. The maximum absolute atomic E-state index is 12.8. The number of rotatable bonds is 7. The quantitative estimate of drug-likeness (QED) is 0.834. The van der Waals surface area contributed by atoms with Crippen LogP contribution in [0.25, 0.3) is 0 Å². The van der Waals surface area contributed by atoms with Crippen LogP contribution in [0.5, 0.6) is 0 Å². The fourth-order valence-electron chi connectivity index (χ4n) is 2.36. The molecule has 0 atom stereocenters. The molecular weight excluding hydrogens is 299 g/mol. The molecule has 0 bridgehead atoms. The zero-order valence-electron chi connectivity index (χ0n) is 12.0. The molecule has 0 aromatic carbocycles. The van der Waals surface area contributed by atoms with Gasteiger partial charge in [-0.2, -0.15) is 13.2 Å². The molecule has 0 radical (unpaired) electrons. The Hall–Kier alpha value is -0.820. The van der Waals surface area contributed by atoms with Crippen molar-refractivity contribution >= 4 is 16.5 Å². The normalized spacial score (nSPS) is 19.0. The Morgan fingerprint density at radius 2 is 2.00 bits per heavy atom. The molecule has 1 aromatic heterocycles. The summed E-state index contributed by atoms with van der Waals surface area (Å²) in [5, 5.41) is 3.96. The fourth-order valence-corrected chi connectivity index (χ4v) is 3.53. The minimum absolute atomic E-state index is 0.0201. The van der Waals surface area contributed by atoms with Gasteiger partial charge in [0, 0.05) is 23.5 Å². The number of hydrogen-bond acceptors (Lipinski definition) is 4. The molecule has 2 fully saturated rings. The predicted octanol–water partition coefficient (Wildman–Crippen LogP) is 3.49. The first-order valence-corrected chi connectivity index (χ1v) is 8.33. The van der Waals surface area contributed by atoms with E-state index in [1.54, 1.807) is 0 Å². The Morgan fingerprint density at radius 3 is 2.52 bits per heavy atom. The van der Waals surface area contributed by atoms with Crippen LogP contribution in [-0.4, -0.2) is 29.8 Å². The first kappa shape index (κ1) is 15.1. The van der Waals surface area contributed by atoms with Crippen molar-refractivity contribution in [2.45, 2.75) is 63.8 Å². The lowest BCUT2D eigenvalue weighted by Gasteiger charge is -2.22. The third-order valence-corrected chi connectivity index (χ3v) is 4.95. The van der Waals surface area contributed by atoms with Gasteiger partial charge in [-0.3, -0.25) is 0 Å². The number of hydrogen-bond donors (Lipinski definition) is 1. The van der Waals surface area contributed by atoms with Gasteiger partial charge in [0.2, 0.25) is 0 Å². The van der Waals surface area contributed by atoms with E-state index in [9.17, 15) is 13.2 Å². The summed E-state index contributed by atoms with van der Waals surface area (Å²) in [7, 11) is 0. The lowest BCUT2D eigenvalue weighted by molar-refractivity contribution is -0.120. The number of aryl methyl sites for hydroxylation is 1. The van der Waals surface area contributed by atoms with E-state index in [0.29, 0.717) is 11.2 Å². The molecule has 118 valence electrons. The molecule has 0 aliphatic heterocycles. The second-order valence-corrected chi connectivity index (χ2v) is 6.91. The van der Waals surface area contributed by atoms with Gasteiger partial charge < -0.3 is 10.2 Å². The van der Waals surface area contributed by atoms with E-state index in [1.807, 2.05) is 6.92 Å². The number of aromatic nitrogens is 1. The van der Waals surface area contributed by atoms with Gasteiger partial charge in [0.05, 0.1) is 5.69 Å². The molecule has 2 saturated carbocycles. The van der Waals surface area contributed by atoms with Crippen LogP contribution in [-0.2, 0) is 13.0 Å². The van der Waals surface area contributed by atoms with Crippen LogP contribution in [0.3, 0.4) is 0 Å². The van der Waals surface area contributed by atoms with Gasteiger partial charge in [-0.15, -0.1) is 11.3 Å². The van der Waals surface area contributed by atoms with Gasteiger partial charge in [0.25, 0.3) is 0 Å². The summed E-state index contributed by atoms with van der Waals surface area (Å²) < 4.78 is 38.3. The summed E-state index contributed by atoms with van der Waals surface area (Å²) in [6, 6.07) is 0.613. The second-order valence-electron chi connectivity index (χ2n) is 5.85. The fraction of sp³-hybridized carbons (Fsp3) is 0.786. The number of thiazole rings is 1. The molecule has 1 aromatic rings. The van der Waals surface area contributed by atoms with E-state index in [4.69, 9.17) is 0 Å². The van der Waals surface area contributed by atoms with Gasteiger partial charge in [-0.25, -0.2) is 4.98 Å². The van der Waals surface area contributed by atoms with Crippen LogP contribution in [0.4, 0.5) is 18.3 Å². The average molecular weight is 319 g/mol. The smallest absolute Gasteiger partial charge is 0.336 e. The first-order chi connectivity index (χ1) is 9.96. The van der Waals surface area contributed by atoms with E-state index >= 15 is 0 Å². The van der Waals surface area contributed by atoms with Crippen molar-refractivity contribution in [3.8, 4) is 0 Å². The summed E-state index contributed by atoms with van der Waals surface area (Å²) in [6.45, 7) is 1.85. The summed E-state index contributed by atoms with van der Waals surface area (Å²) in [5.41, 5.74) is 0.941. The van der Waals surface area contributed by atoms with Gasteiger partial charge in [0.15, 0.2) is 5.13 Å². The average Bonchev–Trinajstić information content (AvgIpc) is 3.30. The van der Waals surface area contributed by atoms with Crippen molar-refractivity contribution in [3.05, 3.63) is 10.6 Å². The highest BCUT2D eigenvalue weighted by molar-refractivity contribution is 7.15. The van der Waals surface area contributed by atoms with Crippen molar-refractivity contribution < 1.29 is 13.2 Å². The molecular formula is C14H20F3N3S. The molecule has 1 heterocycles. The molecule has 3 rings (SSSR count). The van der Waals surface area contributed by atoms with E-state index < -0.39 is 12.7 Å². The van der Waals surface area contributed by atoms with Crippen LogP contribution in [0.15, 0.2) is 0 Å². The van der Waals surface area contributed by atoms with Crippen molar-refractivity contribution in [3.63, 3.8) is 0 Å². The highest BCUT2D eigenvalue weighted by atomic mass is 32.1. The van der Waals surface area contributed by atoms with Crippen molar-refractivity contribution in [2.75, 3.05) is 11.4 Å². The Kier molecular flexibility index (Phi) is 4.14. The Labute approximate surface area is 126 Å². The number of nitrogens with one attached hydrogen (secondary N) is 1. The van der Waals surface area contributed by atoms with Gasteiger partial charge in [-0.05, 0) is 32.1 Å². The largest absolute Gasteiger partial charge is 0.406 e. The molecule has 0 spiro atoms. The second kappa shape index (κ2) is 5.76. The molecule has 3 nitrogen and oxygen atoms in total. The maximum atomic E-state index is 12.8. The van der Waals surface area contributed by atoms with Gasteiger partial charge in [0.1, 0.15) is 6.54 Å². The van der Waals surface area contributed by atoms with E-state index in [-0.39, 0.29) is 6.04 Å². The van der Waals surface area contributed by atoms with Crippen molar-refractivity contribution in [1.29, 1.82) is 0 Å². The Morgan fingerprint density at radius 1 is 1.29 bits per heavy atom. The third kappa shape index (κ3) is 4.10. The summed E-state index contributed by atoms with van der Waals surface area (Å²) in [4.78, 5) is 7.02. The number of halogens is 3. The third-order valence-electron chi connectivity index (χ3n) is 3.81. The summed E-state index contributed by atoms with van der Waals surface area (Å²) in [6.07, 6.45) is 0.681. The minimum Gasteiger partial charge on any atom is -0.336 e. The van der Waals surface area contributed by atoms with Crippen LogP contribution in [0.2, 0.25) is 0 Å². The maximum Gasteiger partial charge on any atom is 0.406 e. The van der Waals surface area contributed by atoms with Crippen LogP contribution < -0.4 is 10.2 Å². The van der Waals surface area contributed by atoms with Crippen molar-refractivity contribution in [1.82, 2.24) is 10.3 Å². The zero-order valence-corrected chi connectivity index (χ0v) is 12.9. The molecule has 0 saturated heterocycles. The zero-order chi connectivity index (χ0) is 15.0. The highest BCUT2D eigenvalue weighted by Crippen LogP contribution is 2.37. The molecule has 0 unspecified atom stereocenters. The van der Waals surface area contributed by atoms with E-state index in [1.165, 1.54) is 29.1 Å². The molecule has 2 aliphatic carbocycles. The highest BCUT2D eigenvalue weighted by Gasteiger charge is 2.39. The van der Waals surface area contributed by atoms with Crippen LogP contribution in [0, 0.1) is 0 Å². The van der Waals surface area contributed by atoms with Gasteiger partial charge >= 0.3 is 6.18 Å². The lowest BCUT2D eigenvalue weighted by Crippen LogP contribution is -2.35. The summed E-state index contributed by atoms with van der Waals surface area (Å²) >= 11 is 1.42. The minimum atomic E-state index is -4.17. The summed E-state index contributed by atoms with van der Waals surface area (Å²) in [5.74, 6) is 0. The van der Waals surface area contributed by atoms with E-state index in [0.717, 1.165) is 36.4 Å². The van der Waals surface area contributed by atoms with E-state index in [2.05, 4.69) is 10.3 Å². The topological polar surface area (TPSA) is 28.2 Å². The Balaban J connectivity index is 1.75. The number of nitrogens with zero attached hydrogens (tertiary/aromatic N) is 2. The predicted molar refractivity (Wildman–Crippen MR) is 77.8 cm³/mol. The first-order valence-electron chi connectivity index (χ1n) is 7.51. The molecule has 21 heavy (non-hydrogen) atoms. The van der Waals surface area contributed by atoms with Gasteiger partial charge in [-0.1, -0.05) is 6.92 Å². The molecule has 2 aliphatic rings. The Bertz CT molecular complexity index is 492. The SMILES string of the molecule is CCc1nc(N(CC(F)(F)F)C2CC2)sc1CNC1CC1. The van der Waals surface area contributed by atoms with Crippen LogP contribution in [0.1, 0.15) is 43.2 Å². The monoisotopic (exact) mass is 319 g/mol. The molecule has 7 heteroatoms. The number of alkyl halides is 3. The lowest BCUT2D eigenvalue weighted by atomic mass is 10.3. The van der Waals surface area contributed by atoms with Crippen molar-refractivity contribution in [2.24, 2.45) is 0 Å². The number of anilines is 1. The standard InChI is InChI=1S/C14H20F3N3S/c1-2-11-12(7-18-9-3-4-9)21-13(19-11)20(10-5-6-10)8-14(15,16)17/h9-10,18H,2-8H2,1H3.